The zero-order valence-electron chi connectivity index (χ0n) is 10.4. The number of hydrogen-bond acceptors (Lipinski definition) is 1. The summed E-state index contributed by atoms with van der Waals surface area (Å²) in [6.45, 7) is 11.2. The van der Waals surface area contributed by atoms with Crippen molar-refractivity contribution in [2.45, 2.75) is 19.3 Å². The third kappa shape index (κ3) is 3.21. The van der Waals surface area contributed by atoms with Gasteiger partial charge >= 0.3 is 0 Å². The van der Waals surface area contributed by atoms with Gasteiger partial charge < -0.3 is 0 Å². The smallest absolute Gasteiger partial charge is 0.252 e. The van der Waals surface area contributed by atoms with Gasteiger partial charge in [0.1, 0.15) is 0 Å². The van der Waals surface area contributed by atoms with Crippen LogP contribution in [0.1, 0.15) is 27.0 Å². The summed E-state index contributed by atoms with van der Waals surface area (Å²) >= 11 is 5.63. The number of allylic oxidation sites excluding steroid dienone is 3. The van der Waals surface area contributed by atoms with Crippen LogP contribution >= 0.6 is 11.6 Å². The van der Waals surface area contributed by atoms with Crippen LogP contribution in [0.4, 0.5) is 0 Å². The lowest BCUT2D eigenvalue weighted by atomic mass is 9.90. The molecule has 0 atom stereocenters. The molecular formula is C16H17ClO. The Kier molecular flexibility index (Phi) is 5.60. The zero-order valence-corrected chi connectivity index (χ0v) is 11.2. The first-order valence-electron chi connectivity index (χ1n) is 5.81. The van der Waals surface area contributed by atoms with Crippen LogP contribution in [-0.2, 0) is 19.3 Å². The molecule has 1 aromatic rings. The largest absolute Gasteiger partial charge is 0.276 e. The van der Waals surface area contributed by atoms with E-state index in [2.05, 4.69) is 19.7 Å². The van der Waals surface area contributed by atoms with Gasteiger partial charge in [-0.1, -0.05) is 24.3 Å². The average Bonchev–Trinajstić information content (AvgIpc) is 2.33. The van der Waals surface area contributed by atoms with Gasteiger partial charge in [0.05, 0.1) is 0 Å². The van der Waals surface area contributed by atoms with E-state index < -0.39 is 5.24 Å². The summed E-state index contributed by atoms with van der Waals surface area (Å²) in [5.41, 5.74) is 3.77. The standard InChI is InChI=1S/C16H17ClO/c1-4-7-12-10-11-15(16(17)18)14(9-6-3)13(12)8-5-2/h4-6,10-11H,1-3,7-9H2. The predicted octanol–water partition coefficient (Wildman–Crippen LogP) is 4.25. The van der Waals surface area contributed by atoms with Gasteiger partial charge in [0.25, 0.3) is 5.24 Å². The van der Waals surface area contributed by atoms with E-state index in [0.717, 1.165) is 23.1 Å². The van der Waals surface area contributed by atoms with E-state index in [0.29, 0.717) is 18.4 Å². The maximum atomic E-state index is 11.5. The van der Waals surface area contributed by atoms with Crippen LogP contribution in [0.2, 0.25) is 0 Å². The summed E-state index contributed by atoms with van der Waals surface area (Å²) in [7, 11) is 0. The fourth-order valence-electron chi connectivity index (χ4n) is 2.05. The lowest BCUT2D eigenvalue weighted by Crippen LogP contribution is -2.05. The highest BCUT2D eigenvalue weighted by Crippen LogP contribution is 2.24. The van der Waals surface area contributed by atoms with Crippen molar-refractivity contribution in [2.75, 3.05) is 0 Å². The first-order valence-corrected chi connectivity index (χ1v) is 6.19. The molecule has 0 saturated heterocycles. The minimum Gasteiger partial charge on any atom is -0.276 e. The maximum absolute atomic E-state index is 11.5. The van der Waals surface area contributed by atoms with Crippen molar-refractivity contribution in [3.63, 3.8) is 0 Å². The normalized spacial score (nSPS) is 9.83. The second-order valence-electron chi connectivity index (χ2n) is 3.98. The van der Waals surface area contributed by atoms with Crippen LogP contribution in [0.3, 0.4) is 0 Å². The number of hydrogen-bond donors (Lipinski definition) is 0. The Labute approximate surface area is 113 Å². The molecule has 0 amide bonds. The van der Waals surface area contributed by atoms with Gasteiger partial charge in [-0.15, -0.1) is 19.7 Å². The average molecular weight is 261 g/mol. The lowest BCUT2D eigenvalue weighted by Gasteiger charge is -2.14. The van der Waals surface area contributed by atoms with Gasteiger partial charge in [-0.05, 0) is 53.6 Å². The summed E-state index contributed by atoms with van der Waals surface area (Å²) in [4.78, 5) is 11.5. The van der Waals surface area contributed by atoms with Gasteiger partial charge in [0.2, 0.25) is 0 Å². The van der Waals surface area contributed by atoms with E-state index in [1.165, 1.54) is 0 Å². The van der Waals surface area contributed by atoms with Crippen LogP contribution in [-0.4, -0.2) is 5.24 Å². The highest BCUT2D eigenvalue weighted by atomic mass is 35.5. The van der Waals surface area contributed by atoms with Crippen LogP contribution in [0.15, 0.2) is 50.1 Å². The Balaban J connectivity index is 3.46. The summed E-state index contributed by atoms with van der Waals surface area (Å²) in [5, 5.41) is -0.428. The van der Waals surface area contributed by atoms with Crippen LogP contribution < -0.4 is 0 Å². The lowest BCUT2D eigenvalue weighted by molar-refractivity contribution is 0.108. The second-order valence-corrected chi connectivity index (χ2v) is 4.32. The molecule has 0 bridgehead atoms. The zero-order chi connectivity index (χ0) is 13.5. The molecule has 0 N–H and O–H groups in total. The number of carbonyl (C=O) groups excluding carboxylic acids is 1. The highest BCUT2D eigenvalue weighted by molar-refractivity contribution is 6.67. The van der Waals surface area contributed by atoms with Gasteiger partial charge in [0.15, 0.2) is 0 Å². The van der Waals surface area contributed by atoms with E-state index in [4.69, 9.17) is 11.6 Å². The fraction of sp³-hybridized carbons (Fsp3) is 0.188. The van der Waals surface area contributed by atoms with Crippen molar-refractivity contribution in [2.24, 2.45) is 0 Å². The first-order chi connectivity index (χ1) is 8.65. The molecule has 0 heterocycles. The molecule has 1 nitrogen and oxygen atoms in total. The Bertz CT molecular complexity index is 486. The third-order valence-electron chi connectivity index (χ3n) is 2.80. The molecule has 1 aromatic carbocycles. The molecule has 0 aliphatic carbocycles. The number of benzene rings is 1. The van der Waals surface area contributed by atoms with E-state index in [1.54, 1.807) is 12.1 Å². The molecule has 0 saturated carbocycles. The minimum absolute atomic E-state index is 0.428. The summed E-state index contributed by atoms with van der Waals surface area (Å²) in [6, 6.07) is 3.71. The van der Waals surface area contributed by atoms with Gasteiger partial charge in [0, 0.05) is 5.56 Å². The number of carbonyl (C=O) groups is 1. The SMILES string of the molecule is C=CCc1ccc(C(=O)Cl)c(CC=C)c1CC=C. The van der Waals surface area contributed by atoms with Crippen LogP contribution in [0, 0.1) is 0 Å². The van der Waals surface area contributed by atoms with Gasteiger partial charge in [-0.25, -0.2) is 0 Å². The summed E-state index contributed by atoms with van der Waals surface area (Å²) < 4.78 is 0. The van der Waals surface area contributed by atoms with Crippen molar-refractivity contribution >= 4 is 16.8 Å². The molecular weight excluding hydrogens is 244 g/mol. The molecule has 18 heavy (non-hydrogen) atoms. The van der Waals surface area contributed by atoms with Crippen molar-refractivity contribution in [1.82, 2.24) is 0 Å². The van der Waals surface area contributed by atoms with Gasteiger partial charge in [-0.2, -0.15) is 0 Å². The maximum Gasteiger partial charge on any atom is 0.252 e. The summed E-state index contributed by atoms with van der Waals surface area (Å²) in [6.07, 6.45) is 7.57. The molecule has 0 unspecified atom stereocenters. The van der Waals surface area contributed by atoms with E-state index in [9.17, 15) is 4.79 Å². The Hall–Kier alpha value is -1.60. The van der Waals surface area contributed by atoms with E-state index in [1.807, 2.05) is 18.2 Å². The molecule has 0 spiro atoms. The number of halogens is 1. The van der Waals surface area contributed by atoms with Crippen LogP contribution in [0.25, 0.3) is 0 Å². The topological polar surface area (TPSA) is 17.1 Å². The van der Waals surface area contributed by atoms with E-state index >= 15 is 0 Å². The molecule has 0 fully saturated rings. The molecule has 2 heteroatoms. The first kappa shape index (κ1) is 14.5. The Morgan fingerprint density at radius 2 is 1.56 bits per heavy atom. The quantitative estimate of drug-likeness (QED) is 0.529. The highest BCUT2D eigenvalue weighted by Gasteiger charge is 2.14. The fourth-order valence-corrected chi connectivity index (χ4v) is 2.23. The van der Waals surface area contributed by atoms with E-state index in [-0.39, 0.29) is 0 Å². The van der Waals surface area contributed by atoms with Crippen molar-refractivity contribution < 1.29 is 4.79 Å². The van der Waals surface area contributed by atoms with Crippen molar-refractivity contribution in [1.29, 1.82) is 0 Å². The van der Waals surface area contributed by atoms with Crippen LogP contribution in [0.5, 0.6) is 0 Å². The van der Waals surface area contributed by atoms with Crippen molar-refractivity contribution in [3.8, 4) is 0 Å². The molecule has 1 rings (SSSR count). The Morgan fingerprint density at radius 1 is 1.00 bits per heavy atom. The second kappa shape index (κ2) is 6.97. The monoisotopic (exact) mass is 260 g/mol. The predicted molar refractivity (Wildman–Crippen MR) is 78.3 cm³/mol. The Morgan fingerprint density at radius 3 is 2.06 bits per heavy atom. The molecule has 0 aliphatic heterocycles. The molecule has 94 valence electrons. The van der Waals surface area contributed by atoms with Crippen molar-refractivity contribution in [3.05, 3.63) is 72.4 Å². The summed E-state index contributed by atoms with van der Waals surface area (Å²) in [5.74, 6) is 0. The third-order valence-corrected chi connectivity index (χ3v) is 3.00. The minimum atomic E-state index is -0.428. The van der Waals surface area contributed by atoms with Gasteiger partial charge in [-0.3, -0.25) is 4.79 Å². The number of rotatable bonds is 7. The molecule has 0 radical (unpaired) electrons. The molecule has 0 aromatic heterocycles. The molecule has 0 aliphatic rings.